The standard InChI is InChI=1S/C5H6NPS/c1-6-4-2-3-5(6)7-8/h2-4H,1H3. The lowest BCUT2D eigenvalue weighted by Crippen LogP contribution is -2.01. The highest BCUT2D eigenvalue weighted by molar-refractivity contribution is 7.99. The maximum absolute atomic E-state index is 4.81. The van der Waals surface area contributed by atoms with Crippen molar-refractivity contribution in [3.05, 3.63) is 18.3 Å². The number of nitrogens with zero attached hydrogens (tertiary/aromatic N) is 1. The summed E-state index contributed by atoms with van der Waals surface area (Å²) < 4.78 is 2.02. The highest BCUT2D eigenvalue weighted by Gasteiger charge is 1.87. The van der Waals surface area contributed by atoms with E-state index < -0.39 is 0 Å². The Kier molecular flexibility index (Phi) is 1.77. The van der Waals surface area contributed by atoms with Crippen molar-refractivity contribution in [2.24, 2.45) is 7.05 Å². The lowest BCUT2D eigenvalue weighted by Gasteiger charge is -1.89. The molecule has 3 heteroatoms. The fraction of sp³-hybridized carbons (Fsp3) is 0.200. The fourth-order valence-corrected chi connectivity index (χ4v) is 1.46. The minimum absolute atomic E-state index is 0.924. The molecule has 1 heterocycles. The lowest BCUT2D eigenvalue weighted by atomic mass is 10.7. The Balaban J connectivity index is 3.09. The highest BCUT2D eigenvalue weighted by atomic mass is 32.4. The SMILES string of the molecule is Cn1cccc1P=S. The van der Waals surface area contributed by atoms with E-state index in [1.54, 1.807) is 0 Å². The highest BCUT2D eigenvalue weighted by Crippen LogP contribution is 1.93. The van der Waals surface area contributed by atoms with Gasteiger partial charge in [-0.1, -0.05) is 11.8 Å². The van der Waals surface area contributed by atoms with E-state index in [2.05, 4.69) is 0 Å². The van der Waals surface area contributed by atoms with Crippen LogP contribution in [0.5, 0.6) is 0 Å². The van der Waals surface area contributed by atoms with Gasteiger partial charge in [0.15, 0.2) is 0 Å². The predicted molar refractivity (Wildman–Crippen MR) is 39.3 cm³/mol. The summed E-state index contributed by atoms with van der Waals surface area (Å²) in [5.41, 5.74) is 1.18. The topological polar surface area (TPSA) is 4.93 Å². The molecule has 0 aromatic carbocycles. The maximum Gasteiger partial charge on any atom is 0.0793 e. The van der Waals surface area contributed by atoms with Crippen molar-refractivity contribution < 1.29 is 0 Å². The van der Waals surface area contributed by atoms with Gasteiger partial charge in [-0.05, 0) is 12.1 Å². The maximum atomic E-state index is 4.81. The van der Waals surface area contributed by atoms with Crippen LogP contribution in [0, 0.1) is 0 Å². The first-order valence-electron chi connectivity index (χ1n) is 2.29. The second kappa shape index (κ2) is 2.38. The summed E-state index contributed by atoms with van der Waals surface area (Å²) in [5.74, 6) is 0. The summed E-state index contributed by atoms with van der Waals surface area (Å²) in [6.45, 7) is 0. The van der Waals surface area contributed by atoms with Gasteiger partial charge in [-0.25, -0.2) is 0 Å². The molecule has 0 fully saturated rings. The van der Waals surface area contributed by atoms with E-state index in [1.165, 1.54) is 5.44 Å². The number of hydrogen-bond acceptors (Lipinski definition) is 1. The van der Waals surface area contributed by atoms with Crippen LogP contribution in [0.4, 0.5) is 0 Å². The summed E-state index contributed by atoms with van der Waals surface area (Å²) in [4.78, 5) is 0. The molecule has 0 radical (unpaired) electrons. The number of hydrogen-bond donors (Lipinski definition) is 0. The molecule has 0 saturated carbocycles. The first-order valence-corrected chi connectivity index (χ1v) is 4.20. The molecule has 8 heavy (non-hydrogen) atoms. The molecule has 0 N–H and O–H groups in total. The molecule has 0 saturated heterocycles. The quantitative estimate of drug-likeness (QED) is 0.532. The third-order valence-corrected chi connectivity index (χ3v) is 2.22. The summed E-state index contributed by atoms with van der Waals surface area (Å²) in [6, 6.07) is 4.02. The number of rotatable bonds is 1. The Bertz CT molecular complexity index is 194. The minimum Gasteiger partial charge on any atom is -0.347 e. The van der Waals surface area contributed by atoms with Gasteiger partial charge in [0.05, 0.1) is 5.44 Å². The zero-order valence-corrected chi connectivity index (χ0v) is 6.25. The second-order valence-electron chi connectivity index (χ2n) is 1.57. The van der Waals surface area contributed by atoms with Crippen LogP contribution in [0.3, 0.4) is 0 Å². The molecule has 1 aromatic heterocycles. The average Bonchev–Trinajstić information content (AvgIpc) is 2.14. The smallest absolute Gasteiger partial charge is 0.0793 e. The van der Waals surface area contributed by atoms with Crippen LogP contribution in [0.25, 0.3) is 0 Å². The van der Waals surface area contributed by atoms with E-state index in [1.807, 2.05) is 29.9 Å². The van der Waals surface area contributed by atoms with E-state index in [4.69, 9.17) is 11.8 Å². The van der Waals surface area contributed by atoms with E-state index in [0.29, 0.717) is 0 Å². The first-order chi connectivity index (χ1) is 3.84. The van der Waals surface area contributed by atoms with Crippen molar-refractivity contribution in [3.63, 3.8) is 0 Å². The Hall–Kier alpha value is -0.200. The molecule has 0 aliphatic carbocycles. The van der Waals surface area contributed by atoms with E-state index in [9.17, 15) is 0 Å². The van der Waals surface area contributed by atoms with Gasteiger partial charge in [0.25, 0.3) is 0 Å². The van der Waals surface area contributed by atoms with Gasteiger partial charge in [0.2, 0.25) is 0 Å². The molecule has 1 aromatic rings. The summed E-state index contributed by atoms with van der Waals surface area (Å²) in [7, 11) is 2.92. The average molecular weight is 143 g/mol. The monoisotopic (exact) mass is 143 g/mol. The molecule has 0 unspecified atom stereocenters. The number of aromatic nitrogens is 1. The van der Waals surface area contributed by atoms with Crippen molar-refractivity contribution >= 4 is 24.6 Å². The van der Waals surface area contributed by atoms with Gasteiger partial charge in [-0.15, -0.1) is 0 Å². The van der Waals surface area contributed by atoms with Crippen LogP contribution in [-0.2, 0) is 18.9 Å². The molecule has 0 aliphatic heterocycles. The lowest BCUT2D eigenvalue weighted by molar-refractivity contribution is 0.961. The van der Waals surface area contributed by atoms with Gasteiger partial charge in [0.1, 0.15) is 0 Å². The molecule has 42 valence electrons. The van der Waals surface area contributed by atoms with Gasteiger partial charge in [0, 0.05) is 20.6 Å². The molecule has 0 atom stereocenters. The Morgan fingerprint density at radius 3 is 2.75 bits per heavy atom. The third-order valence-electron chi connectivity index (χ3n) is 1.01. The molecule has 0 spiro atoms. The van der Waals surface area contributed by atoms with Crippen LogP contribution >= 0.6 is 7.36 Å². The van der Waals surface area contributed by atoms with E-state index in [-0.39, 0.29) is 0 Å². The molecule has 0 aliphatic rings. The summed E-state index contributed by atoms with van der Waals surface area (Å²) >= 11 is 4.81. The van der Waals surface area contributed by atoms with Gasteiger partial charge in [-0.3, -0.25) is 0 Å². The molecular formula is C5H6NPS. The van der Waals surface area contributed by atoms with Gasteiger partial charge < -0.3 is 4.57 Å². The van der Waals surface area contributed by atoms with Gasteiger partial charge >= 0.3 is 0 Å². The van der Waals surface area contributed by atoms with Crippen molar-refractivity contribution in [1.82, 2.24) is 4.57 Å². The van der Waals surface area contributed by atoms with Crippen LogP contribution in [0.1, 0.15) is 0 Å². The Morgan fingerprint density at radius 1 is 1.75 bits per heavy atom. The molecule has 0 amide bonds. The second-order valence-corrected chi connectivity index (χ2v) is 2.76. The zero-order chi connectivity index (χ0) is 5.98. The Labute approximate surface area is 55.2 Å². The van der Waals surface area contributed by atoms with Crippen LogP contribution < -0.4 is 5.44 Å². The van der Waals surface area contributed by atoms with Crippen LogP contribution in [0.2, 0.25) is 0 Å². The molecular weight excluding hydrogens is 137 g/mol. The van der Waals surface area contributed by atoms with Crippen molar-refractivity contribution in [1.29, 1.82) is 0 Å². The zero-order valence-electron chi connectivity index (χ0n) is 4.53. The van der Waals surface area contributed by atoms with E-state index in [0.717, 1.165) is 7.36 Å². The molecule has 1 rings (SSSR count). The van der Waals surface area contributed by atoms with Crippen molar-refractivity contribution in [2.75, 3.05) is 0 Å². The summed E-state index contributed by atoms with van der Waals surface area (Å²) in [6.07, 6.45) is 1.99. The van der Waals surface area contributed by atoms with Crippen LogP contribution in [0.15, 0.2) is 18.3 Å². The normalized spacial score (nSPS) is 10.1. The fourth-order valence-electron chi connectivity index (χ4n) is 0.547. The molecule has 1 nitrogen and oxygen atoms in total. The van der Waals surface area contributed by atoms with Crippen molar-refractivity contribution in [2.45, 2.75) is 0 Å². The van der Waals surface area contributed by atoms with Gasteiger partial charge in [-0.2, -0.15) is 0 Å². The third kappa shape index (κ3) is 0.960. The Morgan fingerprint density at radius 2 is 2.50 bits per heavy atom. The number of aryl methyl sites for hydroxylation is 1. The van der Waals surface area contributed by atoms with Crippen LogP contribution in [-0.4, -0.2) is 4.57 Å². The first kappa shape index (κ1) is 5.93. The summed E-state index contributed by atoms with van der Waals surface area (Å²) in [5, 5.41) is 0. The molecule has 0 bridgehead atoms. The van der Waals surface area contributed by atoms with E-state index >= 15 is 0 Å². The minimum atomic E-state index is 0.924. The largest absolute Gasteiger partial charge is 0.347 e. The van der Waals surface area contributed by atoms with Crippen molar-refractivity contribution in [3.8, 4) is 0 Å². The predicted octanol–water partition coefficient (Wildman–Crippen LogP) is 1.06.